The number of hydrogen-bond donors (Lipinski definition) is 0. The predicted octanol–water partition coefficient (Wildman–Crippen LogP) is 5.77. The zero-order valence-corrected chi connectivity index (χ0v) is 15.1. The Morgan fingerprint density at radius 3 is 2.41 bits per heavy atom. The molecule has 4 aromatic rings. The maximum atomic E-state index is 4.51. The zero-order valence-electron chi connectivity index (χ0n) is 15.1. The second-order valence-corrected chi connectivity index (χ2v) is 7.08. The van der Waals surface area contributed by atoms with Gasteiger partial charge in [0.15, 0.2) is 0 Å². The van der Waals surface area contributed by atoms with Crippen LogP contribution in [0.25, 0.3) is 22.4 Å². The van der Waals surface area contributed by atoms with E-state index in [1.807, 2.05) is 18.5 Å². The molecule has 2 aromatic heterocycles. The summed E-state index contributed by atoms with van der Waals surface area (Å²) in [6, 6.07) is 23.5. The van der Waals surface area contributed by atoms with E-state index in [4.69, 9.17) is 0 Å². The summed E-state index contributed by atoms with van der Waals surface area (Å²) in [6.07, 6.45) is 9.35. The van der Waals surface area contributed by atoms with Crippen LogP contribution in [0.3, 0.4) is 0 Å². The Labute approximate surface area is 159 Å². The van der Waals surface area contributed by atoms with E-state index in [1.54, 1.807) is 0 Å². The SMILES string of the molecule is C1=C(c2cc3ccccc3n2-c2ncccn2)CCC(c2ccccc2)C1. The van der Waals surface area contributed by atoms with E-state index < -0.39 is 0 Å². The van der Waals surface area contributed by atoms with Gasteiger partial charge in [-0.3, -0.25) is 4.57 Å². The van der Waals surface area contributed by atoms with Crippen molar-refractivity contribution in [1.29, 1.82) is 0 Å². The van der Waals surface area contributed by atoms with Crippen LogP contribution in [0.5, 0.6) is 0 Å². The zero-order chi connectivity index (χ0) is 18.1. The number of para-hydroxylation sites is 1. The first kappa shape index (κ1) is 16.0. The van der Waals surface area contributed by atoms with Crippen molar-refractivity contribution in [3.63, 3.8) is 0 Å². The molecule has 1 aliphatic rings. The first-order valence-corrected chi connectivity index (χ1v) is 9.52. The summed E-state index contributed by atoms with van der Waals surface area (Å²) in [5.74, 6) is 1.35. The number of hydrogen-bond acceptors (Lipinski definition) is 2. The molecule has 1 atom stereocenters. The lowest BCUT2D eigenvalue weighted by Gasteiger charge is -2.23. The van der Waals surface area contributed by atoms with Crippen molar-refractivity contribution < 1.29 is 0 Å². The number of allylic oxidation sites excluding steroid dienone is 2. The second-order valence-electron chi connectivity index (χ2n) is 7.08. The van der Waals surface area contributed by atoms with Crippen LogP contribution in [-0.2, 0) is 0 Å². The van der Waals surface area contributed by atoms with Crippen LogP contribution < -0.4 is 0 Å². The van der Waals surface area contributed by atoms with E-state index in [-0.39, 0.29) is 0 Å². The van der Waals surface area contributed by atoms with Crippen LogP contribution in [0.2, 0.25) is 0 Å². The van der Waals surface area contributed by atoms with Crippen LogP contribution in [0.4, 0.5) is 0 Å². The largest absolute Gasteiger partial charge is 0.278 e. The molecular formula is C24H21N3. The van der Waals surface area contributed by atoms with Gasteiger partial charge in [0, 0.05) is 17.8 Å². The molecular weight excluding hydrogens is 330 g/mol. The fourth-order valence-electron chi connectivity index (χ4n) is 4.11. The van der Waals surface area contributed by atoms with Gasteiger partial charge in [-0.1, -0.05) is 54.6 Å². The summed E-state index contributed by atoms with van der Waals surface area (Å²) in [6.45, 7) is 0. The molecule has 5 rings (SSSR count). The van der Waals surface area contributed by atoms with Crippen LogP contribution in [0.1, 0.15) is 36.4 Å². The number of rotatable bonds is 3. The monoisotopic (exact) mass is 351 g/mol. The highest BCUT2D eigenvalue weighted by atomic mass is 15.2. The van der Waals surface area contributed by atoms with Crippen molar-refractivity contribution >= 4 is 16.5 Å². The molecule has 3 nitrogen and oxygen atoms in total. The van der Waals surface area contributed by atoms with Gasteiger partial charge in [-0.05, 0) is 54.5 Å². The van der Waals surface area contributed by atoms with Crippen LogP contribution in [-0.4, -0.2) is 14.5 Å². The van der Waals surface area contributed by atoms with Crippen molar-refractivity contribution in [3.8, 4) is 5.95 Å². The molecule has 3 heteroatoms. The Bertz CT molecular complexity index is 1090. The fourth-order valence-corrected chi connectivity index (χ4v) is 4.11. The van der Waals surface area contributed by atoms with Gasteiger partial charge in [0.2, 0.25) is 5.95 Å². The van der Waals surface area contributed by atoms with Crippen LogP contribution >= 0.6 is 0 Å². The molecule has 0 N–H and O–H groups in total. The minimum atomic E-state index is 0.612. The van der Waals surface area contributed by atoms with E-state index in [1.165, 1.54) is 28.6 Å². The molecule has 27 heavy (non-hydrogen) atoms. The van der Waals surface area contributed by atoms with E-state index in [0.717, 1.165) is 24.3 Å². The topological polar surface area (TPSA) is 30.7 Å². The number of aromatic nitrogens is 3. The molecule has 132 valence electrons. The Morgan fingerprint density at radius 1 is 0.852 bits per heavy atom. The molecule has 0 saturated heterocycles. The number of nitrogens with zero attached hydrogens (tertiary/aromatic N) is 3. The molecule has 1 unspecified atom stereocenters. The van der Waals surface area contributed by atoms with Crippen molar-refractivity contribution in [2.24, 2.45) is 0 Å². The third-order valence-electron chi connectivity index (χ3n) is 5.47. The van der Waals surface area contributed by atoms with Gasteiger partial charge in [-0.2, -0.15) is 0 Å². The molecule has 2 heterocycles. The normalized spacial score (nSPS) is 17.0. The van der Waals surface area contributed by atoms with Gasteiger partial charge < -0.3 is 0 Å². The quantitative estimate of drug-likeness (QED) is 0.469. The third kappa shape index (κ3) is 2.95. The molecule has 0 bridgehead atoms. The van der Waals surface area contributed by atoms with Gasteiger partial charge in [0.1, 0.15) is 0 Å². The maximum absolute atomic E-state index is 4.51. The van der Waals surface area contributed by atoms with Gasteiger partial charge in [-0.15, -0.1) is 0 Å². The average Bonchev–Trinajstić information content (AvgIpc) is 3.15. The minimum Gasteiger partial charge on any atom is -0.278 e. The van der Waals surface area contributed by atoms with Crippen molar-refractivity contribution in [2.75, 3.05) is 0 Å². The van der Waals surface area contributed by atoms with Crippen molar-refractivity contribution in [1.82, 2.24) is 14.5 Å². The van der Waals surface area contributed by atoms with Crippen LogP contribution in [0, 0.1) is 0 Å². The van der Waals surface area contributed by atoms with Gasteiger partial charge in [0.25, 0.3) is 0 Å². The van der Waals surface area contributed by atoms with Crippen molar-refractivity contribution in [3.05, 3.63) is 96.5 Å². The van der Waals surface area contributed by atoms with E-state index in [0.29, 0.717) is 5.92 Å². The Hall–Kier alpha value is -3.20. The Kier molecular flexibility index (Phi) is 4.06. The lowest BCUT2D eigenvalue weighted by molar-refractivity contribution is 0.624. The highest BCUT2D eigenvalue weighted by Crippen LogP contribution is 2.38. The first-order chi connectivity index (χ1) is 13.4. The fraction of sp³-hybridized carbons (Fsp3) is 0.167. The molecule has 1 aliphatic carbocycles. The molecule has 2 aromatic carbocycles. The summed E-state index contributed by atoms with van der Waals surface area (Å²) >= 11 is 0. The highest BCUT2D eigenvalue weighted by molar-refractivity contribution is 5.87. The lowest BCUT2D eigenvalue weighted by Crippen LogP contribution is -2.08. The van der Waals surface area contributed by atoms with E-state index in [2.05, 4.69) is 81.3 Å². The molecule has 0 spiro atoms. The summed E-state index contributed by atoms with van der Waals surface area (Å²) in [5.41, 5.74) is 5.21. The van der Waals surface area contributed by atoms with Gasteiger partial charge in [-0.25, -0.2) is 9.97 Å². The Balaban J connectivity index is 1.57. The minimum absolute atomic E-state index is 0.612. The summed E-state index contributed by atoms with van der Waals surface area (Å²) < 4.78 is 2.20. The lowest BCUT2D eigenvalue weighted by atomic mass is 9.84. The second kappa shape index (κ2) is 6.84. The Morgan fingerprint density at radius 2 is 1.63 bits per heavy atom. The van der Waals surface area contributed by atoms with Gasteiger partial charge >= 0.3 is 0 Å². The predicted molar refractivity (Wildman–Crippen MR) is 110 cm³/mol. The maximum Gasteiger partial charge on any atom is 0.234 e. The highest BCUT2D eigenvalue weighted by Gasteiger charge is 2.21. The summed E-state index contributed by atoms with van der Waals surface area (Å²) in [7, 11) is 0. The van der Waals surface area contributed by atoms with E-state index in [9.17, 15) is 0 Å². The smallest absolute Gasteiger partial charge is 0.234 e. The third-order valence-corrected chi connectivity index (χ3v) is 5.47. The summed E-state index contributed by atoms with van der Waals surface area (Å²) in [4.78, 5) is 9.03. The standard InChI is InChI=1S/C24H21N3/c1-2-7-18(8-3-1)19-11-13-20(14-12-19)23-17-21-9-4-5-10-22(21)27(23)24-25-15-6-16-26-24/h1-10,13,15-17,19H,11-12,14H2. The molecule has 0 amide bonds. The number of fused-ring (bicyclic) bond motifs is 1. The first-order valence-electron chi connectivity index (χ1n) is 9.52. The molecule has 0 aliphatic heterocycles. The van der Waals surface area contributed by atoms with Crippen LogP contribution in [0.15, 0.2) is 85.2 Å². The van der Waals surface area contributed by atoms with Crippen molar-refractivity contribution in [2.45, 2.75) is 25.2 Å². The molecule has 0 saturated carbocycles. The molecule has 0 radical (unpaired) electrons. The van der Waals surface area contributed by atoms with Gasteiger partial charge in [0.05, 0.1) is 11.2 Å². The summed E-state index contributed by atoms with van der Waals surface area (Å²) in [5, 5.41) is 1.23. The average molecular weight is 351 g/mol. The number of benzene rings is 2. The molecule has 0 fully saturated rings. The van der Waals surface area contributed by atoms with E-state index >= 15 is 0 Å².